The molecule has 0 unspecified atom stereocenters. The van der Waals surface area contributed by atoms with Crippen LogP contribution >= 0.6 is 0 Å². The van der Waals surface area contributed by atoms with Gasteiger partial charge in [-0.3, -0.25) is 9.48 Å². The first kappa shape index (κ1) is 34.2. The Kier molecular flexibility index (Phi) is 8.16. The van der Waals surface area contributed by atoms with Crippen LogP contribution in [0.5, 0.6) is 0 Å². The van der Waals surface area contributed by atoms with Crippen molar-refractivity contribution in [2.24, 2.45) is 5.92 Å². The normalized spacial score (nSPS) is 18.0. The van der Waals surface area contributed by atoms with E-state index in [1.165, 1.54) is 38.1 Å². The van der Waals surface area contributed by atoms with E-state index in [-0.39, 0.29) is 52.1 Å². The van der Waals surface area contributed by atoms with E-state index < -0.39 is 89.1 Å². The highest BCUT2D eigenvalue weighted by atomic mass is 19.3. The number of halogens is 7. The van der Waals surface area contributed by atoms with Gasteiger partial charge in [-0.05, 0) is 80.5 Å². The number of H-pyrrole nitrogens is 1. The van der Waals surface area contributed by atoms with Crippen molar-refractivity contribution in [3.63, 3.8) is 0 Å². The topological polar surface area (TPSA) is 118 Å². The summed E-state index contributed by atoms with van der Waals surface area (Å²) >= 11 is 0. The van der Waals surface area contributed by atoms with E-state index in [4.69, 9.17) is 0 Å². The molecule has 0 bridgehead atoms. The number of carbonyl (C=O) groups is 1. The molecule has 0 amide bonds. The molecule has 4 heterocycles. The van der Waals surface area contributed by atoms with E-state index in [1.807, 2.05) is 0 Å². The standard InChI is InChI=1S/C35H27F7N6O3/c1-34(2,51)8-7-20-3-4-22(23-5-6-26-44-45-33(50)48(26)32(23)40)28(43-20)17(9-16-10-18(36)13-19(37)11-16)12-21(49)15-47-30-27(29(46-47)31(38)39)24-14-25(24)35(30,41)42/h3-6,10-11,13,17,24-25,31,51H,9,12,14-15H2,1-2H3,(H,45,50)/t17-,24+,25-/m1/s1. The third-order valence-electron chi connectivity index (χ3n) is 8.99. The fraction of sp³-hybridized carbons (Fsp3) is 0.343. The molecule has 51 heavy (non-hydrogen) atoms. The lowest BCUT2D eigenvalue weighted by Crippen LogP contribution is -2.24. The molecule has 1 saturated carbocycles. The average Bonchev–Trinajstić information content (AvgIpc) is 3.54. The maximum Gasteiger partial charge on any atom is 0.350 e. The number of fused-ring (bicyclic) bond motifs is 4. The van der Waals surface area contributed by atoms with Gasteiger partial charge in [0.15, 0.2) is 11.4 Å². The number of nitrogens with zero attached hydrogens (tertiary/aromatic N) is 5. The van der Waals surface area contributed by atoms with E-state index in [0.717, 1.165) is 12.1 Å². The molecule has 0 aliphatic heterocycles. The van der Waals surface area contributed by atoms with Gasteiger partial charge >= 0.3 is 5.69 Å². The Bertz CT molecular complexity index is 2330. The predicted molar refractivity (Wildman–Crippen MR) is 167 cm³/mol. The number of carbonyl (C=O) groups excluding carboxylic acids is 1. The quantitative estimate of drug-likeness (QED) is 0.111. The molecule has 1 fully saturated rings. The van der Waals surface area contributed by atoms with Crippen LogP contribution in [-0.4, -0.2) is 45.9 Å². The van der Waals surface area contributed by atoms with Gasteiger partial charge < -0.3 is 5.11 Å². The zero-order valence-corrected chi connectivity index (χ0v) is 26.8. The Balaban J connectivity index is 1.35. The van der Waals surface area contributed by atoms with Crippen LogP contribution in [0, 0.1) is 35.3 Å². The molecule has 4 aromatic heterocycles. The number of Topliss-reactive ketones (excluding diaryl/α,β-unsaturated/α-hetero) is 1. The van der Waals surface area contributed by atoms with Crippen molar-refractivity contribution in [2.45, 2.75) is 69.4 Å². The van der Waals surface area contributed by atoms with Gasteiger partial charge in [-0.1, -0.05) is 5.92 Å². The first-order chi connectivity index (χ1) is 24.0. The van der Waals surface area contributed by atoms with Gasteiger partial charge in [-0.15, -0.1) is 0 Å². The number of benzene rings is 1. The zero-order valence-electron chi connectivity index (χ0n) is 26.8. The van der Waals surface area contributed by atoms with Crippen molar-refractivity contribution >= 4 is 11.4 Å². The highest BCUT2D eigenvalue weighted by Crippen LogP contribution is 2.68. The number of ketones is 1. The number of aromatic amines is 1. The molecule has 2 N–H and O–H groups in total. The van der Waals surface area contributed by atoms with Gasteiger partial charge in [0, 0.05) is 41.0 Å². The molecule has 3 atom stereocenters. The summed E-state index contributed by atoms with van der Waals surface area (Å²) in [5.41, 5.74) is -4.26. The van der Waals surface area contributed by atoms with Crippen LogP contribution in [0.2, 0.25) is 0 Å². The lowest BCUT2D eigenvalue weighted by molar-refractivity contribution is -0.120. The molecule has 0 radical (unpaired) electrons. The number of pyridine rings is 2. The van der Waals surface area contributed by atoms with Crippen LogP contribution in [0.1, 0.15) is 78.9 Å². The minimum atomic E-state index is -3.48. The van der Waals surface area contributed by atoms with E-state index in [2.05, 4.69) is 32.1 Å². The molecule has 2 aliphatic rings. The zero-order chi connectivity index (χ0) is 36.6. The Labute approximate surface area is 284 Å². The third-order valence-corrected chi connectivity index (χ3v) is 8.99. The minimum Gasteiger partial charge on any atom is -0.378 e. The Morgan fingerprint density at radius 1 is 1.08 bits per heavy atom. The molecule has 2 aliphatic carbocycles. The first-order valence-corrected chi connectivity index (χ1v) is 15.8. The summed E-state index contributed by atoms with van der Waals surface area (Å²) in [4.78, 5) is 30.7. The van der Waals surface area contributed by atoms with Crippen molar-refractivity contribution in [1.29, 1.82) is 0 Å². The van der Waals surface area contributed by atoms with Gasteiger partial charge in [-0.25, -0.2) is 36.8 Å². The van der Waals surface area contributed by atoms with Crippen LogP contribution in [0.4, 0.5) is 30.7 Å². The van der Waals surface area contributed by atoms with Gasteiger partial charge in [0.2, 0.25) is 5.95 Å². The average molecular weight is 713 g/mol. The largest absolute Gasteiger partial charge is 0.378 e. The number of aromatic nitrogens is 6. The predicted octanol–water partition coefficient (Wildman–Crippen LogP) is 5.95. The van der Waals surface area contributed by atoms with Crippen molar-refractivity contribution in [2.75, 3.05) is 0 Å². The molecule has 16 heteroatoms. The second-order valence-corrected chi connectivity index (χ2v) is 13.3. The SMILES string of the molecule is CC(C)(O)C#Cc1ccc(-c2ccc3n[nH]c(=O)n3c2F)c([C@@H](CC(=O)Cn2nc(C(F)F)c3c2C(F)(F)[C@@H]2C[C@H]32)Cc2cc(F)cc(F)c2)n1. The molecular weight excluding hydrogens is 685 g/mol. The van der Waals surface area contributed by atoms with E-state index in [9.17, 15) is 32.3 Å². The van der Waals surface area contributed by atoms with Crippen LogP contribution in [0.3, 0.4) is 0 Å². The van der Waals surface area contributed by atoms with Crippen molar-refractivity contribution in [1.82, 2.24) is 29.4 Å². The smallest absolute Gasteiger partial charge is 0.350 e. The van der Waals surface area contributed by atoms with Gasteiger partial charge in [0.25, 0.3) is 12.3 Å². The molecule has 264 valence electrons. The number of alkyl halides is 4. The van der Waals surface area contributed by atoms with Gasteiger partial charge in [-0.2, -0.15) is 23.4 Å². The lowest BCUT2D eigenvalue weighted by atomic mass is 9.86. The highest BCUT2D eigenvalue weighted by Gasteiger charge is 2.67. The monoisotopic (exact) mass is 712 g/mol. The maximum atomic E-state index is 16.0. The van der Waals surface area contributed by atoms with E-state index in [1.54, 1.807) is 0 Å². The molecule has 5 aromatic rings. The number of hydrogen-bond acceptors (Lipinski definition) is 6. The summed E-state index contributed by atoms with van der Waals surface area (Å²) in [5.74, 6) is -4.99. The molecule has 0 spiro atoms. The Morgan fingerprint density at radius 3 is 2.47 bits per heavy atom. The number of aliphatic hydroxyl groups is 1. The van der Waals surface area contributed by atoms with Gasteiger partial charge in [0.1, 0.15) is 40.9 Å². The highest BCUT2D eigenvalue weighted by molar-refractivity contribution is 5.80. The molecular formula is C35H27F7N6O3. The molecule has 9 nitrogen and oxygen atoms in total. The summed E-state index contributed by atoms with van der Waals surface area (Å²) in [6.45, 7) is 2.00. The summed E-state index contributed by atoms with van der Waals surface area (Å²) in [6.07, 6.45) is -3.99. The molecule has 1 aromatic carbocycles. The van der Waals surface area contributed by atoms with E-state index in [0.29, 0.717) is 15.1 Å². The van der Waals surface area contributed by atoms with Crippen LogP contribution in [0.25, 0.3) is 16.8 Å². The van der Waals surface area contributed by atoms with Crippen molar-refractivity contribution < 1.29 is 40.6 Å². The lowest BCUT2D eigenvalue weighted by Gasteiger charge is -2.21. The number of hydrogen-bond donors (Lipinski definition) is 2. The fourth-order valence-corrected chi connectivity index (χ4v) is 6.82. The van der Waals surface area contributed by atoms with E-state index >= 15 is 13.2 Å². The third kappa shape index (κ3) is 6.30. The van der Waals surface area contributed by atoms with Gasteiger partial charge in [0.05, 0.1) is 5.69 Å². The Hall–Kier alpha value is -5.30. The fourth-order valence-electron chi connectivity index (χ4n) is 6.82. The second kappa shape index (κ2) is 12.2. The second-order valence-electron chi connectivity index (χ2n) is 13.3. The van der Waals surface area contributed by atoms with Crippen molar-refractivity contribution in [3.8, 4) is 23.0 Å². The first-order valence-electron chi connectivity index (χ1n) is 15.8. The van der Waals surface area contributed by atoms with Crippen LogP contribution in [-0.2, 0) is 23.7 Å². The maximum absolute atomic E-state index is 16.0. The minimum absolute atomic E-state index is 0.0278. The number of nitrogens with one attached hydrogen (secondary N) is 1. The summed E-state index contributed by atoms with van der Waals surface area (Å²) in [7, 11) is 0. The summed E-state index contributed by atoms with van der Waals surface area (Å²) in [6, 6.07) is 8.10. The van der Waals surface area contributed by atoms with Crippen LogP contribution in [0.15, 0.2) is 47.3 Å². The molecule has 0 saturated heterocycles. The summed E-state index contributed by atoms with van der Waals surface area (Å²) in [5, 5.41) is 19.8. The number of rotatable bonds is 9. The summed E-state index contributed by atoms with van der Waals surface area (Å²) < 4.78 is 104. The molecule has 7 rings (SSSR count). The van der Waals surface area contributed by atoms with Crippen molar-refractivity contribution in [3.05, 3.63) is 104 Å². The van der Waals surface area contributed by atoms with Crippen LogP contribution < -0.4 is 5.69 Å². The Morgan fingerprint density at radius 2 is 1.78 bits per heavy atom.